The molecule has 5 nitrogen and oxygen atoms in total. The van der Waals surface area contributed by atoms with E-state index in [-0.39, 0.29) is 5.75 Å². The Labute approximate surface area is 94.6 Å². The highest BCUT2D eigenvalue weighted by molar-refractivity contribution is 5.74. The first-order valence-corrected chi connectivity index (χ1v) is 4.54. The Morgan fingerprint density at radius 1 is 1.12 bits per heavy atom. The van der Waals surface area contributed by atoms with E-state index in [4.69, 9.17) is 5.11 Å². The van der Waals surface area contributed by atoms with Crippen LogP contribution in [-0.4, -0.2) is 39.2 Å². The van der Waals surface area contributed by atoms with Crippen molar-refractivity contribution in [3.8, 4) is 5.75 Å². The van der Waals surface area contributed by atoms with Crippen molar-refractivity contribution in [2.75, 3.05) is 27.8 Å². The highest BCUT2D eigenvalue weighted by Crippen LogP contribution is 2.07. The fourth-order valence-electron chi connectivity index (χ4n) is 0.754. The molecule has 0 unspecified atom stereocenters. The molecule has 0 heterocycles. The third-order valence-corrected chi connectivity index (χ3v) is 1.43. The number of hydrogen-bond donors (Lipinski definition) is 1. The first-order chi connectivity index (χ1) is 7.74. The van der Waals surface area contributed by atoms with Crippen molar-refractivity contribution in [2.45, 2.75) is 0 Å². The minimum absolute atomic E-state index is 0.181. The Kier molecular flexibility index (Phi) is 9.20. The van der Waals surface area contributed by atoms with Gasteiger partial charge in [0.15, 0.2) is 0 Å². The van der Waals surface area contributed by atoms with Gasteiger partial charge in [0.1, 0.15) is 25.6 Å². The van der Waals surface area contributed by atoms with Crippen LogP contribution in [0.25, 0.3) is 0 Å². The predicted molar refractivity (Wildman–Crippen MR) is 58.3 cm³/mol. The molecule has 0 saturated heterocycles. The van der Waals surface area contributed by atoms with Gasteiger partial charge in [-0.3, -0.25) is 4.79 Å². The molecule has 1 rings (SSSR count). The molecular formula is C11H16O5. The van der Waals surface area contributed by atoms with Gasteiger partial charge in [-0.1, -0.05) is 0 Å². The van der Waals surface area contributed by atoms with E-state index in [1.54, 1.807) is 26.4 Å². The Balaban J connectivity index is 0.000000293. The van der Waals surface area contributed by atoms with Gasteiger partial charge in [0.25, 0.3) is 0 Å². The van der Waals surface area contributed by atoms with Crippen molar-refractivity contribution in [3.63, 3.8) is 0 Å². The monoisotopic (exact) mass is 228 g/mol. The zero-order valence-corrected chi connectivity index (χ0v) is 9.38. The number of benzene rings is 1. The molecule has 90 valence electrons. The van der Waals surface area contributed by atoms with E-state index in [1.807, 2.05) is 0 Å². The van der Waals surface area contributed by atoms with Crippen molar-refractivity contribution in [1.29, 1.82) is 0 Å². The van der Waals surface area contributed by atoms with Crippen LogP contribution in [0.3, 0.4) is 0 Å². The quantitative estimate of drug-likeness (QED) is 0.469. The number of methoxy groups -OCH3 is 2. The number of ether oxygens (including phenoxy) is 3. The molecule has 1 aromatic carbocycles. The summed E-state index contributed by atoms with van der Waals surface area (Å²) in [7, 11) is 3.13. The molecular weight excluding hydrogens is 212 g/mol. The van der Waals surface area contributed by atoms with Gasteiger partial charge in [-0.15, -0.1) is 0 Å². The number of aldehydes is 1. The molecule has 16 heavy (non-hydrogen) atoms. The Morgan fingerprint density at radius 3 is 2.00 bits per heavy atom. The van der Waals surface area contributed by atoms with E-state index >= 15 is 0 Å². The summed E-state index contributed by atoms with van der Waals surface area (Å²) in [6.45, 7) is 0.599. The molecule has 0 bridgehead atoms. The summed E-state index contributed by atoms with van der Waals surface area (Å²) in [6, 6.07) is 6.07. The largest absolute Gasteiger partial charge is 0.508 e. The molecule has 0 aliphatic rings. The minimum Gasteiger partial charge on any atom is -0.508 e. The molecule has 0 radical (unpaired) electrons. The second kappa shape index (κ2) is 10.1. The van der Waals surface area contributed by atoms with Crippen LogP contribution < -0.4 is 0 Å². The van der Waals surface area contributed by atoms with Crippen LogP contribution in [0.4, 0.5) is 0 Å². The maximum Gasteiger partial charge on any atom is 0.150 e. The highest BCUT2D eigenvalue weighted by atomic mass is 16.7. The second-order valence-corrected chi connectivity index (χ2v) is 2.73. The van der Waals surface area contributed by atoms with Gasteiger partial charge < -0.3 is 19.3 Å². The molecule has 0 atom stereocenters. The molecule has 0 fully saturated rings. The summed E-state index contributed by atoms with van der Waals surface area (Å²) in [5.74, 6) is 0.181. The highest BCUT2D eigenvalue weighted by Gasteiger charge is 1.86. The predicted octanol–water partition coefficient (Wildman–Crippen LogP) is 1.42. The molecule has 0 aromatic heterocycles. The molecule has 5 heteroatoms. The lowest BCUT2D eigenvalue weighted by Gasteiger charge is -1.97. The number of hydrogen-bond acceptors (Lipinski definition) is 5. The smallest absolute Gasteiger partial charge is 0.150 e. The van der Waals surface area contributed by atoms with E-state index < -0.39 is 0 Å². The van der Waals surface area contributed by atoms with Gasteiger partial charge in [0.05, 0.1) is 0 Å². The third-order valence-electron chi connectivity index (χ3n) is 1.43. The summed E-state index contributed by atoms with van der Waals surface area (Å²) in [4.78, 5) is 10.0. The van der Waals surface area contributed by atoms with Crippen molar-refractivity contribution in [2.24, 2.45) is 0 Å². The maximum absolute atomic E-state index is 10.0. The van der Waals surface area contributed by atoms with E-state index in [0.29, 0.717) is 19.1 Å². The van der Waals surface area contributed by atoms with Crippen molar-refractivity contribution >= 4 is 6.29 Å². The molecule has 0 amide bonds. The van der Waals surface area contributed by atoms with E-state index in [9.17, 15) is 4.79 Å². The normalized spacial score (nSPS) is 9.12. The Hall–Kier alpha value is -1.43. The summed E-state index contributed by atoms with van der Waals surface area (Å²) < 4.78 is 13.8. The van der Waals surface area contributed by atoms with Gasteiger partial charge in [-0.25, -0.2) is 0 Å². The number of carbonyl (C=O) groups is 1. The van der Waals surface area contributed by atoms with Crippen molar-refractivity contribution < 1.29 is 24.1 Å². The molecule has 0 saturated carbocycles. The fraction of sp³-hybridized carbons (Fsp3) is 0.364. The number of aromatic hydroxyl groups is 1. The van der Waals surface area contributed by atoms with E-state index in [1.165, 1.54) is 12.1 Å². The number of phenolic OH excluding ortho intramolecular Hbond substituents is 1. The summed E-state index contributed by atoms with van der Waals surface area (Å²) >= 11 is 0. The standard InChI is InChI=1S/C7H6O2.C4H10O3/c8-5-6-1-3-7(9)4-2-6;1-5-3-7-4-6-2/h1-5,9H;3-4H2,1-2H3. The molecule has 0 spiro atoms. The lowest BCUT2D eigenvalue weighted by Crippen LogP contribution is -1.98. The van der Waals surface area contributed by atoms with Crippen LogP contribution in [0, 0.1) is 0 Å². The Bertz CT molecular complexity index is 266. The molecule has 1 N–H and O–H groups in total. The van der Waals surface area contributed by atoms with Gasteiger partial charge in [0.2, 0.25) is 0 Å². The lowest BCUT2D eigenvalue weighted by atomic mass is 10.2. The Morgan fingerprint density at radius 2 is 1.62 bits per heavy atom. The van der Waals surface area contributed by atoms with Crippen LogP contribution in [0.15, 0.2) is 24.3 Å². The SMILES string of the molecule is COCOCOC.O=Cc1ccc(O)cc1. The molecule has 0 aliphatic heterocycles. The zero-order valence-electron chi connectivity index (χ0n) is 9.38. The van der Waals surface area contributed by atoms with Gasteiger partial charge in [-0.05, 0) is 24.3 Å². The fourth-order valence-corrected chi connectivity index (χ4v) is 0.754. The summed E-state index contributed by atoms with van der Waals surface area (Å²) in [5, 5.41) is 8.74. The van der Waals surface area contributed by atoms with Gasteiger partial charge >= 0.3 is 0 Å². The van der Waals surface area contributed by atoms with E-state index in [0.717, 1.165) is 6.29 Å². The van der Waals surface area contributed by atoms with Crippen LogP contribution in [0.5, 0.6) is 5.75 Å². The minimum atomic E-state index is 0.181. The van der Waals surface area contributed by atoms with Crippen LogP contribution in [0.1, 0.15) is 10.4 Å². The second-order valence-electron chi connectivity index (χ2n) is 2.73. The van der Waals surface area contributed by atoms with Crippen LogP contribution in [-0.2, 0) is 14.2 Å². The maximum atomic E-state index is 10.0. The lowest BCUT2D eigenvalue weighted by molar-refractivity contribution is -0.107. The average molecular weight is 228 g/mol. The first-order valence-electron chi connectivity index (χ1n) is 4.54. The summed E-state index contributed by atoms with van der Waals surface area (Å²) in [6.07, 6.45) is 0.736. The molecule has 0 aliphatic carbocycles. The van der Waals surface area contributed by atoms with Crippen molar-refractivity contribution in [1.82, 2.24) is 0 Å². The van der Waals surface area contributed by atoms with Crippen LogP contribution >= 0.6 is 0 Å². The molecule has 1 aromatic rings. The van der Waals surface area contributed by atoms with Crippen molar-refractivity contribution in [3.05, 3.63) is 29.8 Å². The zero-order chi connectivity index (χ0) is 12.2. The summed E-state index contributed by atoms with van der Waals surface area (Å²) in [5.41, 5.74) is 0.577. The van der Waals surface area contributed by atoms with Gasteiger partial charge in [-0.2, -0.15) is 0 Å². The topological polar surface area (TPSA) is 65.0 Å². The average Bonchev–Trinajstić information content (AvgIpc) is 2.32. The number of rotatable bonds is 5. The third kappa shape index (κ3) is 7.93. The van der Waals surface area contributed by atoms with E-state index in [2.05, 4.69) is 14.2 Å². The van der Waals surface area contributed by atoms with Gasteiger partial charge in [0, 0.05) is 19.8 Å². The van der Waals surface area contributed by atoms with Crippen LogP contribution in [0.2, 0.25) is 0 Å². The number of phenols is 1. The number of carbonyl (C=O) groups excluding carboxylic acids is 1. The first kappa shape index (κ1) is 14.6.